The summed E-state index contributed by atoms with van der Waals surface area (Å²) in [4.78, 5) is 0. The molecule has 2 rings (SSSR count). The van der Waals surface area contributed by atoms with Crippen molar-refractivity contribution in [1.29, 1.82) is 0 Å². The summed E-state index contributed by atoms with van der Waals surface area (Å²) in [6, 6.07) is 7.60. The molecule has 1 aliphatic rings. The van der Waals surface area contributed by atoms with Gasteiger partial charge in [0.25, 0.3) is 5.92 Å². The first-order chi connectivity index (χ1) is 5.20. The van der Waals surface area contributed by atoms with E-state index in [2.05, 4.69) is 6.07 Å². The summed E-state index contributed by atoms with van der Waals surface area (Å²) in [5.41, 5.74) is 0.845. The molecule has 0 spiro atoms. The summed E-state index contributed by atoms with van der Waals surface area (Å²) < 4.78 is 25.8. The monoisotopic (exact) mass is 153 g/mol. The highest BCUT2D eigenvalue weighted by atomic mass is 19.3. The highest BCUT2D eigenvalue weighted by molar-refractivity contribution is 5.34. The lowest BCUT2D eigenvalue weighted by Gasteiger charge is -2.08. The van der Waals surface area contributed by atoms with Crippen LogP contribution in [0.4, 0.5) is 8.78 Å². The van der Waals surface area contributed by atoms with E-state index in [1.165, 1.54) is 6.07 Å². The molecule has 57 valence electrons. The van der Waals surface area contributed by atoms with E-state index in [0.29, 0.717) is 12.0 Å². The Kier molecular flexibility index (Phi) is 1.25. The van der Waals surface area contributed by atoms with E-state index in [-0.39, 0.29) is 12.0 Å². The number of hydrogen-bond donors (Lipinski definition) is 0. The Morgan fingerprint density at radius 1 is 1.45 bits per heavy atom. The first-order valence-corrected chi connectivity index (χ1v) is 3.58. The zero-order chi connectivity index (χ0) is 7.90. The van der Waals surface area contributed by atoms with Crippen LogP contribution in [0.2, 0.25) is 0 Å². The van der Waals surface area contributed by atoms with Gasteiger partial charge in [-0.2, -0.15) is 0 Å². The van der Waals surface area contributed by atoms with Crippen molar-refractivity contribution in [1.82, 2.24) is 0 Å². The van der Waals surface area contributed by atoms with Crippen LogP contribution in [0.15, 0.2) is 18.2 Å². The number of halogens is 2. The minimum atomic E-state index is -2.60. The standard InChI is InChI=1S/C9H7F2/c10-9(11)6-5-7-3-1-2-4-8(7)9/h1-2,4H,5-6H2. The van der Waals surface area contributed by atoms with Crippen LogP contribution >= 0.6 is 0 Å². The summed E-state index contributed by atoms with van der Waals surface area (Å²) >= 11 is 0. The van der Waals surface area contributed by atoms with E-state index in [9.17, 15) is 8.78 Å². The number of aryl methyl sites for hydroxylation is 1. The highest BCUT2D eigenvalue weighted by Gasteiger charge is 2.38. The molecule has 2 heteroatoms. The van der Waals surface area contributed by atoms with Gasteiger partial charge in [-0.3, -0.25) is 0 Å². The quantitative estimate of drug-likeness (QED) is 0.537. The lowest BCUT2D eigenvalue weighted by Crippen LogP contribution is -2.06. The lowest BCUT2D eigenvalue weighted by molar-refractivity contribution is -0.00183. The Bertz CT molecular complexity index is 279. The molecule has 0 aromatic heterocycles. The van der Waals surface area contributed by atoms with Crippen LogP contribution in [-0.2, 0) is 12.3 Å². The van der Waals surface area contributed by atoms with Crippen LogP contribution in [0, 0.1) is 6.07 Å². The molecule has 0 bridgehead atoms. The molecule has 0 fully saturated rings. The Morgan fingerprint density at radius 3 is 3.00 bits per heavy atom. The van der Waals surface area contributed by atoms with Gasteiger partial charge in [0.05, 0.1) is 0 Å². The van der Waals surface area contributed by atoms with Crippen LogP contribution in [0.5, 0.6) is 0 Å². The van der Waals surface area contributed by atoms with Gasteiger partial charge in [0, 0.05) is 12.0 Å². The first kappa shape index (κ1) is 6.77. The normalized spacial score (nSPS) is 19.8. The number of fused-ring (bicyclic) bond motifs is 1. The van der Waals surface area contributed by atoms with Crippen molar-refractivity contribution in [2.75, 3.05) is 0 Å². The topological polar surface area (TPSA) is 0 Å². The number of alkyl halides is 2. The largest absolute Gasteiger partial charge is 0.273 e. The van der Waals surface area contributed by atoms with Crippen LogP contribution in [0.1, 0.15) is 17.5 Å². The predicted molar refractivity (Wildman–Crippen MR) is 37.5 cm³/mol. The zero-order valence-corrected chi connectivity index (χ0v) is 5.90. The fraction of sp³-hybridized carbons (Fsp3) is 0.333. The van der Waals surface area contributed by atoms with Crippen molar-refractivity contribution < 1.29 is 8.78 Å². The van der Waals surface area contributed by atoms with Gasteiger partial charge < -0.3 is 0 Å². The molecule has 0 saturated carbocycles. The van der Waals surface area contributed by atoms with Gasteiger partial charge in [0.15, 0.2) is 0 Å². The maximum absolute atomic E-state index is 12.9. The molecule has 1 aliphatic carbocycles. The first-order valence-electron chi connectivity index (χ1n) is 3.58. The second-order valence-corrected chi connectivity index (χ2v) is 2.77. The molecule has 0 nitrogen and oxygen atoms in total. The zero-order valence-electron chi connectivity index (χ0n) is 5.90. The van der Waals surface area contributed by atoms with Gasteiger partial charge in [0.2, 0.25) is 0 Å². The molecule has 1 radical (unpaired) electrons. The van der Waals surface area contributed by atoms with Crippen molar-refractivity contribution in [2.24, 2.45) is 0 Å². The fourth-order valence-corrected chi connectivity index (χ4v) is 1.44. The summed E-state index contributed by atoms with van der Waals surface area (Å²) in [5.74, 6) is -2.60. The van der Waals surface area contributed by atoms with Gasteiger partial charge in [-0.25, -0.2) is 8.78 Å². The summed E-state index contributed by atoms with van der Waals surface area (Å²) in [6.45, 7) is 0. The summed E-state index contributed by atoms with van der Waals surface area (Å²) in [5, 5.41) is 0. The van der Waals surface area contributed by atoms with Crippen molar-refractivity contribution in [2.45, 2.75) is 18.8 Å². The Balaban J connectivity index is 2.56. The SMILES string of the molecule is FC1(F)CCc2[c]cccc21. The average Bonchev–Trinajstić information content (AvgIpc) is 2.29. The molecular weight excluding hydrogens is 146 g/mol. The molecule has 1 aromatic carbocycles. The third-order valence-electron chi connectivity index (χ3n) is 2.02. The minimum absolute atomic E-state index is 0.0527. The minimum Gasteiger partial charge on any atom is -0.201 e. The Hall–Kier alpha value is -0.920. The maximum atomic E-state index is 12.9. The average molecular weight is 153 g/mol. The van der Waals surface area contributed by atoms with E-state index in [4.69, 9.17) is 0 Å². The van der Waals surface area contributed by atoms with E-state index in [0.717, 1.165) is 0 Å². The fourth-order valence-electron chi connectivity index (χ4n) is 1.44. The molecule has 0 saturated heterocycles. The smallest absolute Gasteiger partial charge is 0.201 e. The van der Waals surface area contributed by atoms with Gasteiger partial charge in [-0.15, -0.1) is 0 Å². The van der Waals surface area contributed by atoms with Crippen LogP contribution in [0.3, 0.4) is 0 Å². The molecule has 0 atom stereocenters. The van der Waals surface area contributed by atoms with E-state index >= 15 is 0 Å². The van der Waals surface area contributed by atoms with E-state index in [1.807, 2.05) is 0 Å². The lowest BCUT2D eigenvalue weighted by atomic mass is 10.1. The van der Waals surface area contributed by atoms with Crippen LogP contribution in [0.25, 0.3) is 0 Å². The second kappa shape index (κ2) is 2.03. The molecule has 0 unspecified atom stereocenters. The number of rotatable bonds is 0. The third-order valence-corrected chi connectivity index (χ3v) is 2.02. The third kappa shape index (κ3) is 0.934. The number of hydrogen-bond acceptors (Lipinski definition) is 0. The predicted octanol–water partition coefficient (Wildman–Crippen LogP) is 2.52. The molecule has 0 heterocycles. The maximum Gasteiger partial charge on any atom is 0.273 e. The Morgan fingerprint density at radius 2 is 2.27 bits per heavy atom. The molecule has 0 N–H and O–H groups in total. The molecule has 11 heavy (non-hydrogen) atoms. The van der Waals surface area contributed by atoms with Crippen LogP contribution in [-0.4, -0.2) is 0 Å². The van der Waals surface area contributed by atoms with Crippen molar-refractivity contribution >= 4 is 0 Å². The molecular formula is C9H7F2. The molecule has 1 aromatic rings. The van der Waals surface area contributed by atoms with Crippen molar-refractivity contribution in [3.05, 3.63) is 35.4 Å². The second-order valence-electron chi connectivity index (χ2n) is 2.77. The Labute approximate surface area is 63.9 Å². The van der Waals surface area contributed by atoms with E-state index < -0.39 is 5.92 Å². The summed E-state index contributed by atoms with van der Waals surface area (Å²) in [7, 11) is 0. The van der Waals surface area contributed by atoms with Gasteiger partial charge in [-0.05, 0) is 18.1 Å². The van der Waals surface area contributed by atoms with E-state index in [1.54, 1.807) is 12.1 Å². The summed E-state index contributed by atoms with van der Waals surface area (Å²) in [6.07, 6.45) is 0.409. The van der Waals surface area contributed by atoms with Crippen LogP contribution < -0.4 is 0 Å². The van der Waals surface area contributed by atoms with Gasteiger partial charge in [0.1, 0.15) is 0 Å². The number of benzene rings is 1. The molecule has 0 amide bonds. The van der Waals surface area contributed by atoms with Crippen molar-refractivity contribution in [3.8, 4) is 0 Å². The highest BCUT2D eigenvalue weighted by Crippen LogP contribution is 2.40. The van der Waals surface area contributed by atoms with Gasteiger partial charge in [-0.1, -0.05) is 18.2 Å². The van der Waals surface area contributed by atoms with Gasteiger partial charge >= 0.3 is 0 Å². The van der Waals surface area contributed by atoms with Crippen molar-refractivity contribution in [3.63, 3.8) is 0 Å². The molecule has 0 aliphatic heterocycles.